The van der Waals surface area contributed by atoms with Gasteiger partial charge in [-0.05, 0) is 112 Å². The summed E-state index contributed by atoms with van der Waals surface area (Å²) in [6.45, 7) is -0.273. The van der Waals surface area contributed by atoms with Crippen LogP contribution in [0.25, 0.3) is 27.5 Å². The van der Waals surface area contributed by atoms with Crippen LogP contribution >= 0.6 is 0 Å². The zero-order valence-electron chi connectivity index (χ0n) is 40.0. The van der Waals surface area contributed by atoms with Crippen LogP contribution in [0.15, 0.2) is 255 Å². The number of para-hydroxylation sites is 8. The molecular formula is C66H42B2N4O2. The van der Waals surface area contributed by atoms with Crippen LogP contribution in [0.4, 0.5) is 51.2 Å². The first-order valence-electron chi connectivity index (χ1n) is 25.4. The molecule has 4 aliphatic heterocycles. The number of ether oxygens (including phenoxy) is 2. The third kappa shape index (κ3) is 5.96. The van der Waals surface area contributed by atoms with Crippen molar-refractivity contribution in [3.63, 3.8) is 0 Å². The maximum Gasteiger partial charge on any atom is 0.260 e. The van der Waals surface area contributed by atoms with Gasteiger partial charge >= 0.3 is 0 Å². The highest BCUT2D eigenvalue weighted by Gasteiger charge is 2.47. The standard InChI is InChI=1S/C66H42B2N4O2/c1-5-21-43(22-6-1)69(44-23-7-2-8-24-44)48-39-63-66-64(40-48)74-62-42-58-53(41-54(62)68(66)52-32-16-20-36-61(52)73-63)67-51-31-15-19-35-57(51)70(45-25-9-3-10-26-45)59-37-47(38-60(65(59)67)71(58)46-27-11-4-12-28-46)72-55-33-17-13-29-49(55)50-30-14-18-34-56(50)72/h1-42H. The molecule has 5 heterocycles. The van der Waals surface area contributed by atoms with Crippen LogP contribution in [0.5, 0.6) is 23.0 Å². The molecule has 0 aliphatic carbocycles. The van der Waals surface area contributed by atoms with E-state index in [1.165, 1.54) is 27.2 Å². The summed E-state index contributed by atoms with van der Waals surface area (Å²) < 4.78 is 16.9. The molecule has 0 saturated carbocycles. The molecule has 8 heteroatoms. The molecule has 16 rings (SSSR count). The van der Waals surface area contributed by atoms with Crippen LogP contribution in [0.2, 0.25) is 0 Å². The topological polar surface area (TPSA) is 33.1 Å². The van der Waals surface area contributed by atoms with Crippen LogP contribution in [0, 0.1) is 0 Å². The Morgan fingerprint density at radius 1 is 0.297 bits per heavy atom. The molecule has 4 aliphatic rings. The summed E-state index contributed by atoms with van der Waals surface area (Å²) in [6, 6.07) is 92.0. The zero-order chi connectivity index (χ0) is 48.4. The molecule has 0 fully saturated rings. The zero-order valence-corrected chi connectivity index (χ0v) is 40.0. The van der Waals surface area contributed by atoms with E-state index >= 15 is 0 Å². The van der Waals surface area contributed by atoms with E-state index in [1.54, 1.807) is 0 Å². The van der Waals surface area contributed by atoms with Crippen molar-refractivity contribution in [2.24, 2.45) is 0 Å². The highest BCUT2D eigenvalue weighted by atomic mass is 16.5. The van der Waals surface area contributed by atoms with Gasteiger partial charge in [0.1, 0.15) is 23.0 Å². The Labute approximate surface area is 429 Å². The van der Waals surface area contributed by atoms with Gasteiger partial charge in [0.15, 0.2) is 0 Å². The Bertz CT molecular complexity index is 4150. The second-order valence-corrected chi connectivity index (χ2v) is 19.6. The number of hydrogen-bond acceptors (Lipinski definition) is 5. The Morgan fingerprint density at radius 3 is 1.41 bits per heavy atom. The van der Waals surface area contributed by atoms with E-state index in [9.17, 15) is 0 Å². The quantitative estimate of drug-likeness (QED) is 0.155. The normalized spacial score (nSPS) is 13.2. The second-order valence-electron chi connectivity index (χ2n) is 19.6. The van der Waals surface area contributed by atoms with E-state index < -0.39 is 0 Å². The largest absolute Gasteiger partial charge is 0.458 e. The van der Waals surface area contributed by atoms with Gasteiger partial charge in [0.25, 0.3) is 13.4 Å². The van der Waals surface area contributed by atoms with Crippen molar-refractivity contribution < 1.29 is 9.47 Å². The molecule has 11 aromatic carbocycles. The van der Waals surface area contributed by atoms with Crippen molar-refractivity contribution >= 4 is 119 Å². The molecule has 0 spiro atoms. The van der Waals surface area contributed by atoms with Gasteiger partial charge in [0.05, 0.1) is 22.4 Å². The summed E-state index contributed by atoms with van der Waals surface area (Å²) >= 11 is 0. The van der Waals surface area contributed by atoms with Crippen LogP contribution in [0.3, 0.4) is 0 Å². The van der Waals surface area contributed by atoms with Gasteiger partial charge in [0, 0.05) is 79.9 Å². The molecule has 1 aromatic heterocycles. The molecule has 0 saturated heterocycles. The van der Waals surface area contributed by atoms with Crippen molar-refractivity contribution in [1.29, 1.82) is 0 Å². The lowest BCUT2D eigenvalue weighted by atomic mass is 9.31. The minimum Gasteiger partial charge on any atom is -0.458 e. The number of benzene rings is 11. The molecule has 0 amide bonds. The predicted octanol–water partition coefficient (Wildman–Crippen LogP) is 13.1. The number of anilines is 9. The van der Waals surface area contributed by atoms with Crippen LogP contribution in [-0.4, -0.2) is 18.0 Å². The molecule has 0 radical (unpaired) electrons. The molecule has 0 atom stereocenters. The number of nitrogens with zero attached hydrogens (tertiary/aromatic N) is 4. The summed E-state index contributed by atoms with van der Waals surface area (Å²) in [7, 11) is 0. The van der Waals surface area contributed by atoms with Crippen molar-refractivity contribution in [1.82, 2.24) is 4.57 Å². The molecule has 0 unspecified atom stereocenters. The molecular weight excluding hydrogens is 902 g/mol. The molecule has 0 N–H and O–H groups in total. The SMILES string of the molecule is c1ccc(N(c2ccccc2)c2cc3c4c(c2)Oc2cc5c(cc2B4c2ccccc2O3)B2c3ccccc3N(c3ccccc3)c3cc(-n4c6ccccc6c6ccccc64)cc(c32)N5c2ccccc2)cc1. The third-order valence-corrected chi connectivity index (χ3v) is 15.6. The minimum absolute atomic E-state index is 0.118. The van der Waals surface area contributed by atoms with Gasteiger partial charge in [-0.3, -0.25) is 0 Å². The average Bonchev–Trinajstić information content (AvgIpc) is 3.83. The van der Waals surface area contributed by atoms with Crippen LogP contribution in [-0.2, 0) is 0 Å². The summed E-state index contributed by atoms with van der Waals surface area (Å²) in [6.07, 6.45) is 0. The predicted molar refractivity (Wildman–Crippen MR) is 307 cm³/mol. The maximum absolute atomic E-state index is 7.42. The van der Waals surface area contributed by atoms with Gasteiger partial charge in [0.2, 0.25) is 0 Å². The number of hydrogen-bond donors (Lipinski definition) is 0. The first-order valence-corrected chi connectivity index (χ1v) is 25.4. The first kappa shape index (κ1) is 41.0. The van der Waals surface area contributed by atoms with Crippen molar-refractivity contribution in [2.75, 3.05) is 14.7 Å². The molecule has 344 valence electrons. The van der Waals surface area contributed by atoms with Crippen LogP contribution in [0.1, 0.15) is 0 Å². The summed E-state index contributed by atoms with van der Waals surface area (Å²) in [4.78, 5) is 7.26. The highest BCUT2D eigenvalue weighted by molar-refractivity contribution is 7.02. The smallest absolute Gasteiger partial charge is 0.260 e. The molecule has 0 bridgehead atoms. The minimum atomic E-state index is -0.154. The fraction of sp³-hybridized carbons (Fsp3) is 0. The van der Waals surface area contributed by atoms with Gasteiger partial charge in [-0.15, -0.1) is 0 Å². The van der Waals surface area contributed by atoms with Gasteiger partial charge in [-0.2, -0.15) is 0 Å². The fourth-order valence-corrected chi connectivity index (χ4v) is 12.6. The van der Waals surface area contributed by atoms with E-state index in [2.05, 4.69) is 274 Å². The Hall–Kier alpha value is -9.65. The van der Waals surface area contributed by atoms with E-state index in [1.807, 2.05) is 0 Å². The van der Waals surface area contributed by atoms with E-state index in [0.717, 1.165) is 107 Å². The van der Waals surface area contributed by atoms with E-state index in [0.29, 0.717) is 0 Å². The molecule has 6 nitrogen and oxygen atoms in total. The van der Waals surface area contributed by atoms with Gasteiger partial charge in [-0.1, -0.05) is 152 Å². The number of rotatable bonds is 6. The van der Waals surface area contributed by atoms with Crippen molar-refractivity contribution in [2.45, 2.75) is 0 Å². The van der Waals surface area contributed by atoms with Crippen LogP contribution < -0.4 is 57.0 Å². The summed E-state index contributed by atoms with van der Waals surface area (Å²) in [5, 5.41) is 2.45. The number of fused-ring (bicyclic) bond motifs is 11. The second kappa shape index (κ2) is 15.9. The van der Waals surface area contributed by atoms with E-state index in [-0.39, 0.29) is 13.4 Å². The molecule has 74 heavy (non-hydrogen) atoms. The average molecular weight is 945 g/mol. The van der Waals surface area contributed by atoms with Crippen molar-refractivity contribution in [3.05, 3.63) is 255 Å². The lowest BCUT2D eigenvalue weighted by Gasteiger charge is -2.45. The van der Waals surface area contributed by atoms with Crippen molar-refractivity contribution in [3.8, 4) is 28.7 Å². The lowest BCUT2D eigenvalue weighted by molar-refractivity contribution is 0.465. The Morgan fingerprint density at radius 2 is 0.784 bits per heavy atom. The fourth-order valence-electron chi connectivity index (χ4n) is 12.6. The van der Waals surface area contributed by atoms with Gasteiger partial charge in [-0.25, -0.2) is 0 Å². The van der Waals surface area contributed by atoms with E-state index in [4.69, 9.17) is 9.47 Å². The Kier molecular flexibility index (Phi) is 8.83. The highest BCUT2D eigenvalue weighted by Crippen LogP contribution is 2.48. The Balaban J connectivity index is 0.979. The monoisotopic (exact) mass is 944 g/mol. The maximum atomic E-state index is 7.42. The summed E-state index contributed by atoms with van der Waals surface area (Å²) in [5.74, 6) is 3.24. The number of aromatic nitrogens is 1. The lowest BCUT2D eigenvalue weighted by Crippen LogP contribution is -2.64. The summed E-state index contributed by atoms with van der Waals surface area (Å²) in [5.41, 5.74) is 20.1. The first-order chi connectivity index (χ1) is 36.7. The third-order valence-electron chi connectivity index (χ3n) is 15.6. The van der Waals surface area contributed by atoms with Gasteiger partial charge < -0.3 is 28.7 Å². The molecule has 12 aromatic rings.